The third-order valence-electron chi connectivity index (χ3n) is 6.95. The van der Waals surface area contributed by atoms with Crippen molar-refractivity contribution in [2.24, 2.45) is 0 Å². The van der Waals surface area contributed by atoms with Crippen LogP contribution in [0.3, 0.4) is 0 Å². The van der Waals surface area contributed by atoms with Crippen molar-refractivity contribution in [2.45, 2.75) is 123 Å². The summed E-state index contributed by atoms with van der Waals surface area (Å²) in [6.07, 6.45) is 20.0. The Hall–Kier alpha value is -1.80. The van der Waals surface area contributed by atoms with E-state index in [1.54, 1.807) is 0 Å². The highest BCUT2D eigenvalue weighted by Crippen LogP contribution is 2.25. The van der Waals surface area contributed by atoms with E-state index in [0.29, 0.717) is 0 Å². The van der Waals surface area contributed by atoms with Crippen LogP contribution in [0.2, 0.25) is 0 Å². The van der Waals surface area contributed by atoms with Gasteiger partial charge in [-0.1, -0.05) is 134 Å². The Kier molecular flexibility index (Phi) is 16.3. The van der Waals surface area contributed by atoms with Crippen molar-refractivity contribution >= 4 is 0 Å². The fourth-order valence-corrected chi connectivity index (χ4v) is 4.53. The highest BCUT2D eigenvalue weighted by Gasteiger charge is 2.07. The molecule has 0 spiro atoms. The Morgan fingerprint density at radius 2 is 0.943 bits per heavy atom. The van der Waals surface area contributed by atoms with Gasteiger partial charge in [0, 0.05) is 6.61 Å². The average molecular weight is 481 g/mol. The van der Waals surface area contributed by atoms with Gasteiger partial charge in [0.05, 0.1) is 12.7 Å². The summed E-state index contributed by atoms with van der Waals surface area (Å²) in [7, 11) is 0. The molecule has 196 valence electrons. The number of rotatable bonds is 21. The minimum Gasteiger partial charge on any atom is -0.494 e. The van der Waals surface area contributed by atoms with Gasteiger partial charge in [0.25, 0.3) is 0 Å². The van der Waals surface area contributed by atoms with Crippen LogP contribution in [-0.2, 0) is 4.74 Å². The fraction of sp³-hybridized carbons (Fsp3) is 0.636. The molecule has 0 bridgehead atoms. The predicted molar refractivity (Wildman–Crippen MR) is 152 cm³/mol. The lowest BCUT2D eigenvalue weighted by molar-refractivity contribution is 0.0627. The first-order valence-electron chi connectivity index (χ1n) is 14.7. The summed E-state index contributed by atoms with van der Waals surface area (Å²) in [6, 6.07) is 17.4. The van der Waals surface area contributed by atoms with Crippen LogP contribution in [-0.4, -0.2) is 13.2 Å². The molecule has 2 aromatic carbocycles. The summed E-state index contributed by atoms with van der Waals surface area (Å²) in [5.41, 5.74) is 3.72. The van der Waals surface area contributed by atoms with Crippen molar-refractivity contribution in [1.29, 1.82) is 0 Å². The van der Waals surface area contributed by atoms with Crippen LogP contribution < -0.4 is 4.74 Å². The molecule has 35 heavy (non-hydrogen) atoms. The van der Waals surface area contributed by atoms with Gasteiger partial charge in [-0.05, 0) is 48.6 Å². The largest absolute Gasteiger partial charge is 0.494 e. The van der Waals surface area contributed by atoms with E-state index < -0.39 is 0 Å². The Morgan fingerprint density at radius 1 is 0.514 bits per heavy atom. The Balaban J connectivity index is 1.62. The molecule has 1 atom stereocenters. The molecule has 0 heterocycles. The smallest absolute Gasteiger partial charge is 0.119 e. The van der Waals surface area contributed by atoms with Crippen LogP contribution in [0.25, 0.3) is 11.1 Å². The molecule has 0 amide bonds. The molecule has 0 N–H and O–H groups in total. The predicted octanol–water partition coefficient (Wildman–Crippen LogP) is 10.7. The maximum atomic E-state index is 6.07. The Bertz CT molecular complexity index is 735. The topological polar surface area (TPSA) is 18.5 Å². The Morgan fingerprint density at radius 3 is 1.46 bits per heavy atom. The lowest BCUT2D eigenvalue weighted by Gasteiger charge is -2.14. The van der Waals surface area contributed by atoms with Gasteiger partial charge in [0.2, 0.25) is 0 Å². The molecule has 1 unspecified atom stereocenters. The van der Waals surface area contributed by atoms with Gasteiger partial charge in [0.15, 0.2) is 0 Å². The van der Waals surface area contributed by atoms with E-state index in [-0.39, 0.29) is 6.10 Å². The van der Waals surface area contributed by atoms with Gasteiger partial charge in [0.1, 0.15) is 5.75 Å². The molecule has 2 aromatic rings. The summed E-state index contributed by atoms with van der Waals surface area (Å²) < 4.78 is 12.0. The van der Waals surface area contributed by atoms with Crippen LogP contribution in [0, 0.1) is 0 Å². The third kappa shape index (κ3) is 13.2. The molecule has 0 fully saturated rings. The van der Waals surface area contributed by atoms with Crippen LogP contribution >= 0.6 is 0 Å². The SMILES string of the molecule is CCCCCCCCCCCOc1ccc(-c2ccc(C(C)OCCCCCCCC)cc2)cc1. The summed E-state index contributed by atoms with van der Waals surface area (Å²) >= 11 is 0. The van der Waals surface area contributed by atoms with Crippen LogP contribution in [0.15, 0.2) is 48.5 Å². The van der Waals surface area contributed by atoms with E-state index in [0.717, 1.165) is 25.4 Å². The number of ether oxygens (including phenoxy) is 2. The summed E-state index contributed by atoms with van der Waals surface area (Å²) in [4.78, 5) is 0. The zero-order valence-electron chi connectivity index (χ0n) is 23.0. The first kappa shape index (κ1) is 29.4. The highest BCUT2D eigenvalue weighted by atomic mass is 16.5. The third-order valence-corrected chi connectivity index (χ3v) is 6.95. The summed E-state index contributed by atoms with van der Waals surface area (Å²) in [5.74, 6) is 0.974. The summed E-state index contributed by atoms with van der Waals surface area (Å²) in [6.45, 7) is 8.38. The van der Waals surface area contributed by atoms with Gasteiger partial charge >= 0.3 is 0 Å². The maximum absolute atomic E-state index is 6.07. The van der Waals surface area contributed by atoms with Gasteiger partial charge in [-0.3, -0.25) is 0 Å². The quantitative estimate of drug-likeness (QED) is 0.165. The molecular weight excluding hydrogens is 428 g/mol. The van der Waals surface area contributed by atoms with Gasteiger partial charge < -0.3 is 9.47 Å². The summed E-state index contributed by atoms with van der Waals surface area (Å²) in [5, 5.41) is 0. The lowest BCUT2D eigenvalue weighted by Crippen LogP contribution is -2.01. The van der Waals surface area contributed by atoms with Crippen molar-refractivity contribution in [2.75, 3.05) is 13.2 Å². The van der Waals surface area contributed by atoms with Gasteiger partial charge in [-0.2, -0.15) is 0 Å². The van der Waals surface area contributed by atoms with Crippen molar-refractivity contribution in [3.05, 3.63) is 54.1 Å². The van der Waals surface area contributed by atoms with E-state index in [4.69, 9.17) is 9.47 Å². The maximum Gasteiger partial charge on any atom is 0.119 e. The van der Waals surface area contributed by atoms with E-state index >= 15 is 0 Å². The number of unbranched alkanes of at least 4 members (excludes halogenated alkanes) is 13. The molecule has 0 saturated heterocycles. The lowest BCUT2D eigenvalue weighted by atomic mass is 10.0. The molecule has 0 aliphatic rings. The minimum atomic E-state index is 0.150. The molecule has 2 heteroatoms. The number of hydrogen-bond acceptors (Lipinski definition) is 2. The zero-order valence-corrected chi connectivity index (χ0v) is 23.0. The zero-order chi connectivity index (χ0) is 25.0. The minimum absolute atomic E-state index is 0.150. The molecule has 2 nitrogen and oxygen atoms in total. The highest BCUT2D eigenvalue weighted by molar-refractivity contribution is 5.64. The van der Waals surface area contributed by atoms with E-state index in [2.05, 4.69) is 69.3 Å². The number of hydrogen-bond donors (Lipinski definition) is 0. The molecule has 0 aromatic heterocycles. The standard InChI is InChI=1S/C33H52O2/c1-4-6-8-10-12-13-14-16-18-28-35-33-25-23-32(24-26-33)31-21-19-30(20-22-31)29(3)34-27-17-15-11-9-7-5-2/h19-26,29H,4-18,27-28H2,1-3H3. The van der Waals surface area contributed by atoms with Crippen molar-refractivity contribution in [3.63, 3.8) is 0 Å². The molecule has 0 saturated carbocycles. The Labute approximate surface area is 216 Å². The van der Waals surface area contributed by atoms with Gasteiger partial charge in [-0.15, -0.1) is 0 Å². The fourth-order valence-electron chi connectivity index (χ4n) is 4.53. The van der Waals surface area contributed by atoms with E-state index in [1.807, 2.05) is 0 Å². The second-order valence-corrected chi connectivity index (χ2v) is 10.1. The first-order valence-corrected chi connectivity index (χ1v) is 14.7. The average Bonchev–Trinajstić information content (AvgIpc) is 2.89. The van der Waals surface area contributed by atoms with E-state index in [1.165, 1.54) is 107 Å². The molecule has 0 aliphatic heterocycles. The second-order valence-electron chi connectivity index (χ2n) is 10.1. The van der Waals surface area contributed by atoms with Crippen LogP contribution in [0.1, 0.15) is 129 Å². The van der Waals surface area contributed by atoms with Crippen LogP contribution in [0.5, 0.6) is 5.75 Å². The second kappa shape index (κ2) is 19.4. The van der Waals surface area contributed by atoms with Crippen molar-refractivity contribution < 1.29 is 9.47 Å². The normalized spacial score (nSPS) is 12.1. The van der Waals surface area contributed by atoms with Crippen molar-refractivity contribution in [1.82, 2.24) is 0 Å². The molecule has 2 rings (SSSR count). The first-order chi connectivity index (χ1) is 17.2. The van der Waals surface area contributed by atoms with Crippen molar-refractivity contribution in [3.8, 4) is 16.9 Å². The van der Waals surface area contributed by atoms with E-state index in [9.17, 15) is 0 Å². The molecule has 0 radical (unpaired) electrons. The van der Waals surface area contributed by atoms with Crippen LogP contribution in [0.4, 0.5) is 0 Å². The molecular formula is C33H52O2. The number of benzene rings is 2. The monoisotopic (exact) mass is 480 g/mol. The molecule has 0 aliphatic carbocycles. The van der Waals surface area contributed by atoms with Gasteiger partial charge in [-0.25, -0.2) is 0 Å².